The van der Waals surface area contributed by atoms with E-state index in [0.717, 1.165) is 4.90 Å². The van der Waals surface area contributed by atoms with Crippen LogP contribution < -0.4 is 0 Å². The quantitative estimate of drug-likeness (QED) is 0.495. The van der Waals surface area contributed by atoms with Crippen molar-refractivity contribution in [3.05, 3.63) is 0 Å². The lowest BCUT2D eigenvalue weighted by Gasteiger charge is -2.41. The SMILES string of the molecule is CN1C(=O)C2C(N=CN2C2OC(CO)C(O)C2O)N(C)C1=O. The van der Waals surface area contributed by atoms with Gasteiger partial charge in [0.2, 0.25) is 0 Å². The maximum absolute atomic E-state index is 12.4. The van der Waals surface area contributed by atoms with Crippen molar-refractivity contribution in [2.24, 2.45) is 4.99 Å². The molecule has 2 fully saturated rings. The molecular weight excluding hydrogens is 296 g/mol. The third kappa shape index (κ3) is 1.92. The number of hydrogen-bond donors (Lipinski definition) is 3. The highest BCUT2D eigenvalue weighted by atomic mass is 16.6. The fourth-order valence-electron chi connectivity index (χ4n) is 3.01. The number of aliphatic hydroxyl groups is 3. The highest BCUT2D eigenvalue weighted by molar-refractivity contribution is 6.01. The summed E-state index contributed by atoms with van der Waals surface area (Å²) in [6.45, 7) is -0.458. The van der Waals surface area contributed by atoms with Crippen molar-refractivity contribution in [2.75, 3.05) is 20.7 Å². The number of fused-ring (bicyclic) bond motifs is 1. The van der Waals surface area contributed by atoms with Crippen molar-refractivity contribution in [3.8, 4) is 0 Å². The predicted octanol–water partition coefficient (Wildman–Crippen LogP) is -3.01. The van der Waals surface area contributed by atoms with Gasteiger partial charge in [-0.15, -0.1) is 0 Å². The molecular formula is C12H18N4O6. The first-order valence-corrected chi connectivity index (χ1v) is 6.86. The first kappa shape index (κ1) is 15.2. The molecule has 10 nitrogen and oxygen atoms in total. The molecule has 0 radical (unpaired) electrons. The molecule has 3 amide bonds. The number of likely N-dealkylation sites (N-methyl/N-ethyl adjacent to an activating group) is 2. The number of ether oxygens (including phenoxy) is 1. The fourth-order valence-corrected chi connectivity index (χ4v) is 3.01. The molecule has 0 aromatic heterocycles. The number of amides is 3. The summed E-state index contributed by atoms with van der Waals surface area (Å²) in [5.41, 5.74) is 0. The summed E-state index contributed by atoms with van der Waals surface area (Å²) in [5.74, 6) is -0.469. The molecule has 6 unspecified atom stereocenters. The molecule has 3 aliphatic heterocycles. The van der Waals surface area contributed by atoms with Gasteiger partial charge in [0.25, 0.3) is 5.91 Å². The second kappa shape index (κ2) is 5.16. The van der Waals surface area contributed by atoms with Crippen molar-refractivity contribution in [2.45, 2.75) is 36.7 Å². The zero-order chi connectivity index (χ0) is 16.2. The molecule has 3 aliphatic rings. The number of aliphatic hydroxyl groups excluding tert-OH is 3. The van der Waals surface area contributed by atoms with E-state index in [1.54, 1.807) is 0 Å². The number of urea groups is 1. The van der Waals surface area contributed by atoms with Gasteiger partial charge in [0.1, 0.15) is 18.3 Å². The van der Waals surface area contributed by atoms with Crippen LogP contribution in [0.25, 0.3) is 0 Å². The Balaban J connectivity index is 1.87. The van der Waals surface area contributed by atoms with Gasteiger partial charge in [0.05, 0.1) is 12.9 Å². The summed E-state index contributed by atoms with van der Waals surface area (Å²) in [6, 6.07) is -1.30. The van der Waals surface area contributed by atoms with Crippen molar-refractivity contribution in [1.29, 1.82) is 0 Å². The molecule has 122 valence electrons. The van der Waals surface area contributed by atoms with E-state index in [1.807, 2.05) is 0 Å². The number of aliphatic imine (C=N–C) groups is 1. The second-order valence-electron chi connectivity index (χ2n) is 5.59. The minimum absolute atomic E-state index is 0.458. The van der Waals surface area contributed by atoms with Crippen LogP contribution in [0, 0.1) is 0 Å². The standard InChI is InChI=1S/C12H18N4O6/c1-14-9-6(10(20)15(2)12(14)21)16(4-13-9)11-8(19)7(18)5(3-17)22-11/h4-9,11,17-19H,3H2,1-2H3. The van der Waals surface area contributed by atoms with E-state index in [2.05, 4.69) is 4.99 Å². The molecule has 10 heteroatoms. The van der Waals surface area contributed by atoms with Gasteiger partial charge in [-0.3, -0.25) is 9.69 Å². The molecule has 6 atom stereocenters. The Hall–Kier alpha value is -1.75. The lowest BCUT2D eigenvalue weighted by Crippen LogP contribution is -2.65. The summed E-state index contributed by atoms with van der Waals surface area (Å²) < 4.78 is 5.42. The summed E-state index contributed by atoms with van der Waals surface area (Å²) in [7, 11) is 2.90. The van der Waals surface area contributed by atoms with E-state index in [9.17, 15) is 19.8 Å². The largest absolute Gasteiger partial charge is 0.394 e. The van der Waals surface area contributed by atoms with E-state index in [-0.39, 0.29) is 0 Å². The van der Waals surface area contributed by atoms with Crippen molar-refractivity contribution < 1.29 is 29.6 Å². The zero-order valence-electron chi connectivity index (χ0n) is 12.1. The predicted molar refractivity (Wildman–Crippen MR) is 71.6 cm³/mol. The van der Waals surface area contributed by atoms with Crippen LogP contribution in [-0.4, -0.2) is 106 Å². The highest BCUT2D eigenvalue weighted by Crippen LogP contribution is 2.31. The monoisotopic (exact) mass is 314 g/mol. The number of carbonyl (C=O) groups excluding carboxylic acids is 2. The van der Waals surface area contributed by atoms with E-state index in [0.29, 0.717) is 0 Å². The van der Waals surface area contributed by atoms with Crippen LogP contribution in [0.4, 0.5) is 4.79 Å². The Morgan fingerprint density at radius 1 is 1.27 bits per heavy atom. The minimum Gasteiger partial charge on any atom is -0.394 e. The number of carbonyl (C=O) groups is 2. The van der Waals surface area contributed by atoms with Crippen molar-refractivity contribution >= 4 is 18.3 Å². The Morgan fingerprint density at radius 2 is 1.95 bits per heavy atom. The zero-order valence-corrected chi connectivity index (χ0v) is 12.1. The van der Waals surface area contributed by atoms with E-state index in [1.165, 1.54) is 30.2 Å². The highest BCUT2D eigenvalue weighted by Gasteiger charge is 2.54. The molecule has 0 aliphatic carbocycles. The maximum Gasteiger partial charge on any atom is 0.328 e. The number of hydrogen-bond acceptors (Lipinski definition) is 8. The van der Waals surface area contributed by atoms with Crippen LogP contribution in [0.1, 0.15) is 0 Å². The van der Waals surface area contributed by atoms with Gasteiger partial charge in [-0.25, -0.2) is 9.79 Å². The first-order chi connectivity index (χ1) is 10.4. The van der Waals surface area contributed by atoms with Gasteiger partial charge in [-0.1, -0.05) is 0 Å². The summed E-state index contributed by atoms with van der Waals surface area (Å²) in [5, 5.41) is 29.1. The van der Waals surface area contributed by atoms with E-state index >= 15 is 0 Å². The normalized spacial score (nSPS) is 41.6. The van der Waals surface area contributed by atoms with E-state index < -0.39 is 55.3 Å². The Labute approximate surface area is 126 Å². The van der Waals surface area contributed by atoms with Gasteiger partial charge in [-0.05, 0) is 0 Å². The summed E-state index contributed by atoms with van der Waals surface area (Å²) in [4.78, 5) is 32.1. The van der Waals surface area contributed by atoms with Crippen LogP contribution in [0.2, 0.25) is 0 Å². The third-order valence-electron chi connectivity index (χ3n) is 4.34. The van der Waals surface area contributed by atoms with Gasteiger partial charge < -0.3 is 29.9 Å². The second-order valence-corrected chi connectivity index (χ2v) is 5.59. The van der Waals surface area contributed by atoms with Crippen LogP contribution in [-0.2, 0) is 9.53 Å². The topological polar surface area (TPSA) is 126 Å². The number of rotatable bonds is 2. The number of nitrogens with zero attached hydrogens (tertiary/aromatic N) is 4. The van der Waals surface area contributed by atoms with Crippen molar-refractivity contribution in [3.63, 3.8) is 0 Å². The minimum atomic E-state index is -1.30. The molecule has 2 saturated heterocycles. The van der Waals surface area contributed by atoms with Crippen LogP contribution >= 0.6 is 0 Å². The van der Waals surface area contributed by atoms with Crippen LogP contribution in [0.15, 0.2) is 4.99 Å². The first-order valence-electron chi connectivity index (χ1n) is 6.86. The lowest BCUT2D eigenvalue weighted by molar-refractivity contribution is -0.144. The summed E-state index contributed by atoms with van der Waals surface area (Å²) in [6.07, 6.45) is -3.91. The molecule has 0 saturated carbocycles. The molecule has 3 heterocycles. The van der Waals surface area contributed by atoms with Gasteiger partial charge in [-0.2, -0.15) is 0 Å². The smallest absolute Gasteiger partial charge is 0.328 e. The van der Waals surface area contributed by atoms with Crippen molar-refractivity contribution in [1.82, 2.24) is 14.7 Å². The third-order valence-corrected chi connectivity index (χ3v) is 4.34. The average molecular weight is 314 g/mol. The van der Waals surface area contributed by atoms with Crippen LogP contribution in [0.5, 0.6) is 0 Å². The van der Waals surface area contributed by atoms with Crippen LogP contribution in [0.3, 0.4) is 0 Å². The van der Waals surface area contributed by atoms with Gasteiger partial charge >= 0.3 is 6.03 Å². The maximum atomic E-state index is 12.4. The lowest BCUT2D eigenvalue weighted by atomic mass is 10.1. The molecule has 0 aromatic carbocycles. The van der Waals surface area contributed by atoms with Gasteiger partial charge in [0, 0.05) is 14.1 Å². The number of imide groups is 1. The molecule has 3 N–H and O–H groups in total. The Morgan fingerprint density at radius 3 is 2.55 bits per heavy atom. The molecule has 0 bridgehead atoms. The summed E-state index contributed by atoms with van der Waals surface area (Å²) >= 11 is 0. The molecule has 22 heavy (non-hydrogen) atoms. The average Bonchev–Trinajstić information content (AvgIpc) is 3.06. The molecule has 3 rings (SSSR count). The molecule has 0 spiro atoms. The Kier molecular flexibility index (Phi) is 3.56. The molecule has 0 aromatic rings. The van der Waals surface area contributed by atoms with Gasteiger partial charge in [0.15, 0.2) is 18.4 Å². The van der Waals surface area contributed by atoms with E-state index in [4.69, 9.17) is 9.84 Å². The fraction of sp³-hybridized carbons (Fsp3) is 0.750. The Bertz CT molecular complexity index is 528.